The molecule has 0 spiro atoms. The van der Waals surface area contributed by atoms with Gasteiger partial charge < -0.3 is 24.4 Å². The van der Waals surface area contributed by atoms with E-state index in [4.69, 9.17) is 21.9 Å². The van der Waals surface area contributed by atoms with E-state index in [-0.39, 0.29) is 12.1 Å². The van der Waals surface area contributed by atoms with Gasteiger partial charge in [-0.15, -0.1) is 0 Å². The normalized spacial score (nSPS) is 22.9. The molecular weight excluding hydrogens is 466 g/mol. The number of rotatable bonds is 5. The fourth-order valence-corrected chi connectivity index (χ4v) is 6.77. The lowest BCUT2D eigenvalue weighted by Gasteiger charge is -2.31. The number of hydrogen-bond donors (Lipinski definition) is 1. The van der Waals surface area contributed by atoms with Crippen molar-refractivity contribution in [3.05, 3.63) is 77.4 Å². The van der Waals surface area contributed by atoms with Crippen molar-refractivity contribution in [3.8, 4) is 0 Å². The minimum atomic E-state index is -0.0184. The van der Waals surface area contributed by atoms with Gasteiger partial charge in [0, 0.05) is 48.1 Å². The second kappa shape index (κ2) is 9.87. The molecule has 2 aromatic heterocycles. The van der Waals surface area contributed by atoms with Crippen molar-refractivity contribution in [2.45, 2.75) is 57.7 Å². The lowest BCUT2D eigenvalue weighted by atomic mass is 9.96. The molecule has 2 aliphatic heterocycles. The van der Waals surface area contributed by atoms with Crippen molar-refractivity contribution >= 4 is 28.7 Å². The summed E-state index contributed by atoms with van der Waals surface area (Å²) in [7, 11) is 0. The predicted octanol–water partition coefficient (Wildman–Crippen LogP) is 5.63. The first kappa shape index (κ1) is 23.5. The molecule has 188 valence electrons. The van der Waals surface area contributed by atoms with Gasteiger partial charge >= 0.3 is 0 Å². The molecule has 3 aromatic rings. The maximum atomic E-state index is 5.98. The van der Waals surface area contributed by atoms with Crippen molar-refractivity contribution in [1.82, 2.24) is 14.9 Å². The summed E-state index contributed by atoms with van der Waals surface area (Å²) in [5.74, 6) is 0. The number of thiocarbonyl (C=S) groups is 1. The highest BCUT2D eigenvalue weighted by atomic mass is 32.1. The highest BCUT2D eigenvalue weighted by molar-refractivity contribution is 7.80. The Morgan fingerprint density at radius 2 is 1.69 bits per heavy atom. The summed E-state index contributed by atoms with van der Waals surface area (Å²) in [6.07, 6.45) is 7.06. The van der Waals surface area contributed by atoms with Crippen LogP contribution in [0.1, 0.15) is 66.5 Å². The van der Waals surface area contributed by atoms with Crippen molar-refractivity contribution in [1.29, 1.82) is 0 Å². The molecule has 4 heterocycles. The molecule has 1 aromatic carbocycles. The van der Waals surface area contributed by atoms with Gasteiger partial charge in [0.05, 0.1) is 31.0 Å². The third-order valence-corrected chi connectivity index (χ3v) is 8.45. The Balaban J connectivity index is 1.40. The number of hydrogen-bond acceptors (Lipinski definition) is 4. The van der Waals surface area contributed by atoms with Gasteiger partial charge in [0.25, 0.3) is 0 Å². The van der Waals surface area contributed by atoms with Gasteiger partial charge in [0.1, 0.15) is 0 Å². The minimum Gasteiger partial charge on any atom is -0.378 e. The van der Waals surface area contributed by atoms with Crippen LogP contribution in [-0.2, 0) is 4.74 Å². The molecule has 1 N–H and O–H groups in total. The molecule has 0 amide bonds. The van der Waals surface area contributed by atoms with E-state index >= 15 is 0 Å². The number of benzene rings is 1. The molecule has 1 saturated carbocycles. The molecule has 6 rings (SSSR count). The fourth-order valence-electron chi connectivity index (χ4n) is 6.42. The number of aromatic nitrogens is 2. The molecule has 2 unspecified atom stereocenters. The summed E-state index contributed by atoms with van der Waals surface area (Å²) >= 11 is 5.98. The van der Waals surface area contributed by atoms with Crippen LogP contribution in [0, 0.1) is 13.8 Å². The Labute approximate surface area is 219 Å². The third-order valence-electron chi connectivity index (χ3n) is 8.13. The second-order valence-corrected chi connectivity index (χ2v) is 10.6. The zero-order valence-electron chi connectivity index (χ0n) is 21.2. The lowest BCUT2D eigenvalue weighted by molar-refractivity contribution is 0.122. The maximum Gasteiger partial charge on any atom is 0.174 e. The Morgan fingerprint density at radius 3 is 2.39 bits per heavy atom. The van der Waals surface area contributed by atoms with Crippen LogP contribution in [0.5, 0.6) is 0 Å². The van der Waals surface area contributed by atoms with E-state index in [1.165, 1.54) is 48.3 Å². The Bertz CT molecular complexity index is 1210. The smallest absolute Gasteiger partial charge is 0.174 e. The Morgan fingerprint density at radius 1 is 0.972 bits per heavy atom. The van der Waals surface area contributed by atoms with Crippen LogP contribution < -0.4 is 15.1 Å². The molecule has 6 nitrogen and oxygen atoms in total. The van der Waals surface area contributed by atoms with Crippen LogP contribution >= 0.6 is 12.2 Å². The second-order valence-electron chi connectivity index (χ2n) is 10.2. The van der Waals surface area contributed by atoms with E-state index in [0.29, 0.717) is 6.04 Å². The first-order valence-electron chi connectivity index (χ1n) is 13.2. The third kappa shape index (κ3) is 4.18. The average molecular weight is 502 g/mol. The molecule has 2 atom stereocenters. The monoisotopic (exact) mass is 501 g/mol. The van der Waals surface area contributed by atoms with Gasteiger partial charge in [-0.25, -0.2) is 0 Å². The molecule has 3 fully saturated rings. The number of nitrogens with zero attached hydrogens (tertiary/aromatic N) is 4. The summed E-state index contributed by atoms with van der Waals surface area (Å²) in [4.78, 5) is 9.43. The highest BCUT2D eigenvalue weighted by Gasteiger charge is 2.42. The van der Waals surface area contributed by atoms with Crippen LogP contribution in [0.3, 0.4) is 0 Å². The number of nitrogens with one attached hydrogen (secondary N) is 1. The summed E-state index contributed by atoms with van der Waals surface area (Å²) in [5, 5.41) is 4.38. The topological polar surface area (TPSA) is 45.6 Å². The van der Waals surface area contributed by atoms with E-state index in [1.54, 1.807) is 0 Å². The van der Waals surface area contributed by atoms with Crippen molar-refractivity contribution in [2.75, 3.05) is 36.1 Å². The minimum absolute atomic E-state index is 0.0184. The molecule has 0 radical (unpaired) electrons. The van der Waals surface area contributed by atoms with Crippen molar-refractivity contribution in [2.24, 2.45) is 0 Å². The van der Waals surface area contributed by atoms with Crippen LogP contribution in [0.4, 0.5) is 11.4 Å². The van der Waals surface area contributed by atoms with Gasteiger partial charge in [0.2, 0.25) is 0 Å². The zero-order valence-corrected chi connectivity index (χ0v) is 22.0. The van der Waals surface area contributed by atoms with Gasteiger partial charge in [-0.2, -0.15) is 0 Å². The maximum absolute atomic E-state index is 5.98. The van der Waals surface area contributed by atoms with Crippen molar-refractivity contribution < 1.29 is 4.74 Å². The summed E-state index contributed by atoms with van der Waals surface area (Å²) in [6.45, 7) is 7.98. The summed E-state index contributed by atoms with van der Waals surface area (Å²) in [6, 6.07) is 18.0. The standard InChI is InChI=1S/C29H35N5OS/c1-20-19-25(21(2)33(20)23-7-3-4-8-23)28-27(26-9-5-6-14-30-26)31-29(36)34(28)24-12-10-22(11-13-24)32-15-17-35-18-16-32/h5-6,9-14,19,23,27-28H,3-4,7-8,15-18H2,1-2H3,(H,31,36). The van der Waals surface area contributed by atoms with Crippen LogP contribution in [-0.4, -0.2) is 41.0 Å². The number of anilines is 2. The molecule has 1 aliphatic carbocycles. The van der Waals surface area contributed by atoms with Gasteiger partial charge in [0.15, 0.2) is 5.11 Å². The van der Waals surface area contributed by atoms with Gasteiger partial charge in [-0.3, -0.25) is 4.98 Å². The van der Waals surface area contributed by atoms with Crippen molar-refractivity contribution in [3.63, 3.8) is 0 Å². The first-order valence-corrected chi connectivity index (χ1v) is 13.6. The lowest BCUT2D eigenvalue weighted by Crippen LogP contribution is -2.36. The van der Waals surface area contributed by atoms with E-state index < -0.39 is 0 Å². The number of aryl methyl sites for hydroxylation is 1. The number of morpholine rings is 1. The predicted molar refractivity (Wildman–Crippen MR) is 149 cm³/mol. The number of pyridine rings is 1. The molecule has 7 heteroatoms. The summed E-state index contributed by atoms with van der Waals surface area (Å²) in [5.41, 5.74) is 7.39. The molecule has 36 heavy (non-hydrogen) atoms. The summed E-state index contributed by atoms with van der Waals surface area (Å²) < 4.78 is 8.12. The molecule has 2 saturated heterocycles. The molecule has 3 aliphatic rings. The highest BCUT2D eigenvalue weighted by Crippen LogP contribution is 2.45. The van der Waals surface area contributed by atoms with E-state index in [2.05, 4.69) is 76.0 Å². The zero-order chi connectivity index (χ0) is 24.6. The van der Waals surface area contributed by atoms with Crippen LogP contribution in [0.2, 0.25) is 0 Å². The fraction of sp³-hybridized carbons (Fsp3) is 0.448. The Hall–Kier alpha value is -2.90. The Kier molecular flexibility index (Phi) is 6.44. The average Bonchev–Trinajstić information content (AvgIpc) is 3.63. The SMILES string of the molecule is Cc1cc(C2C(c3ccccn3)NC(=S)N2c2ccc(N3CCOCC3)cc2)c(C)n1C1CCCC1. The van der Waals surface area contributed by atoms with Gasteiger partial charge in [-0.05, 0) is 86.9 Å². The van der Waals surface area contributed by atoms with E-state index in [9.17, 15) is 0 Å². The van der Waals surface area contributed by atoms with Gasteiger partial charge in [-0.1, -0.05) is 18.9 Å². The van der Waals surface area contributed by atoms with Crippen LogP contribution in [0.15, 0.2) is 54.7 Å². The molecule has 0 bridgehead atoms. The molecular formula is C29H35N5OS. The number of ether oxygens (including phenoxy) is 1. The largest absolute Gasteiger partial charge is 0.378 e. The first-order chi connectivity index (χ1) is 17.6. The van der Waals surface area contributed by atoms with Crippen LogP contribution in [0.25, 0.3) is 0 Å². The van der Waals surface area contributed by atoms with E-state index in [0.717, 1.165) is 42.8 Å². The quantitative estimate of drug-likeness (QED) is 0.457. The van der Waals surface area contributed by atoms with E-state index in [1.807, 2.05) is 12.3 Å².